The number of hydrogen-bond donors (Lipinski definition) is 1. The number of hydrogen-bond acceptors (Lipinski definition) is 1. The number of benzene rings is 2. The van der Waals surface area contributed by atoms with E-state index in [0.29, 0.717) is 5.56 Å². The lowest BCUT2D eigenvalue weighted by atomic mass is 10.0. The van der Waals surface area contributed by atoms with Gasteiger partial charge in [0, 0.05) is 12.0 Å². The fourth-order valence-electron chi connectivity index (χ4n) is 1.80. The van der Waals surface area contributed by atoms with Gasteiger partial charge in [0.05, 0.1) is 15.6 Å². The second kappa shape index (κ2) is 5.99. The van der Waals surface area contributed by atoms with Crippen LogP contribution in [0.5, 0.6) is 0 Å². The molecule has 1 N–H and O–H groups in total. The summed E-state index contributed by atoms with van der Waals surface area (Å²) in [5, 5.41) is 10.0. The van der Waals surface area contributed by atoms with E-state index in [9.17, 15) is 13.9 Å². The predicted octanol–water partition coefficient (Wildman–Crippen LogP) is 4.66. The van der Waals surface area contributed by atoms with Crippen molar-refractivity contribution in [1.29, 1.82) is 0 Å². The molecule has 0 amide bonds. The highest BCUT2D eigenvalue weighted by Gasteiger charge is 2.17. The van der Waals surface area contributed by atoms with Crippen LogP contribution in [-0.2, 0) is 6.42 Å². The molecule has 0 heterocycles. The van der Waals surface area contributed by atoms with Crippen LogP contribution in [0.2, 0.25) is 5.02 Å². The summed E-state index contributed by atoms with van der Waals surface area (Å²) in [6.07, 6.45) is -1.04. The maximum absolute atomic E-state index is 13.8. The van der Waals surface area contributed by atoms with Crippen LogP contribution < -0.4 is 0 Å². The molecule has 0 radical (unpaired) electrons. The van der Waals surface area contributed by atoms with E-state index in [1.807, 2.05) is 0 Å². The lowest BCUT2D eigenvalue weighted by Gasteiger charge is -2.14. The molecule has 0 spiro atoms. The molecule has 0 aliphatic heterocycles. The molecule has 19 heavy (non-hydrogen) atoms. The molecule has 1 unspecified atom stereocenters. The van der Waals surface area contributed by atoms with E-state index in [2.05, 4.69) is 15.9 Å². The van der Waals surface area contributed by atoms with Crippen molar-refractivity contribution in [2.45, 2.75) is 12.5 Å². The third-order valence-electron chi connectivity index (χ3n) is 2.79. The van der Waals surface area contributed by atoms with Crippen LogP contribution in [0.1, 0.15) is 17.2 Å². The molecule has 0 aliphatic carbocycles. The Morgan fingerprint density at radius 3 is 2.58 bits per heavy atom. The van der Waals surface area contributed by atoms with E-state index in [-0.39, 0.29) is 21.5 Å². The van der Waals surface area contributed by atoms with E-state index in [1.54, 1.807) is 18.2 Å². The molecule has 0 saturated carbocycles. The van der Waals surface area contributed by atoms with Crippen LogP contribution >= 0.6 is 27.5 Å². The van der Waals surface area contributed by atoms with Crippen LogP contribution in [0.25, 0.3) is 0 Å². The standard InChI is InChI=1S/C14H10BrClF2O/c15-10-5-2-4-9(14(10)18)12(19)7-8-3-1-6-11(17)13(8)16/h1-6,12,19H,7H2. The number of rotatable bonds is 3. The van der Waals surface area contributed by atoms with Crippen molar-refractivity contribution in [1.82, 2.24) is 0 Å². The summed E-state index contributed by atoms with van der Waals surface area (Å²) in [4.78, 5) is 0. The third-order valence-corrected chi connectivity index (χ3v) is 3.82. The minimum atomic E-state index is -1.09. The van der Waals surface area contributed by atoms with Crippen molar-refractivity contribution in [2.75, 3.05) is 0 Å². The Bertz CT molecular complexity index is 604. The van der Waals surface area contributed by atoms with Crippen LogP contribution in [0.3, 0.4) is 0 Å². The van der Waals surface area contributed by atoms with Crippen molar-refractivity contribution in [3.8, 4) is 0 Å². The zero-order valence-electron chi connectivity index (χ0n) is 9.71. The topological polar surface area (TPSA) is 20.2 Å². The Labute approximate surface area is 123 Å². The average Bonchev–Trinajstić information content (AvgIpc) is 2.38. The van der Waals surface area contributed by atoms with Crippen LogP contribution in [0.4, 0.5) is 8.78 Å². The van der Waals surface area contributed by atoms with Gasteiger partial charge >= 0.3 is 0 Å². The van der Waals surface area contributed by atoms with Crippen LogP contribution in [-0.4, -0.2) is 5.11 Å². The van der Waals surface area contributed by atoms with Crippen LogP contribution in [0.15, 0.2) is 40.9 Å². The molecular weight excluding hydrogens is 338 g/mol. The predicted molar refractivity (Wildman–Crippen MR) is 74.2 cm³/mol. The Balaban J connectivity index is 2.28. The molecule has 2 aromatic rings. The van der Waals surface area contributed by atoms with Crippen molar-refractivity contribution in [2.24, 2.45) is 0 Å². The van der Waals surface area contributed by atoms with Gasteiger partial charge in [-0.3, -0.25) is 0 Å². The van der Waals surface area contributed by atoms with Gasteiger partial charge in [-0.15, -0.1) is 0 Å². The monoisotopic (exact) mass is 346 g/mol. The summed E-state index contributed by atoms with van der Waals surface area (Å²) in [7, 11) is 0. The highest BCUT2D eigenvalue weighted by molar-refractivity contribution is 9.10. The van der Waals surface area contributed by atoms with Crippen molar-refractivity contribution in [3.63, 3.8) is 0 Å². The van der Waals surface area contributed by atoms with Crippen LogP contribution in [0, 0.1) is 11.6 Å². The second-order valence-corrected chi connectivity index (χ2v) is 5.31. The lowest BCUT2D eigenvalue weighted by Crippen LogP contribution is -2.05. The molecule has 100 valence electrons. The maximum atomic E-state index is 13.8. The fraction of sp³-hybridized carbons (Fsp3) is 0.143. The van der Waals surface area contributed by atoms with E-state index in [1.165, 1.54) is 18.2 Å². The Morgan fingerprint density at radius 1 is 1.16 bits per heavy atom. The van der Waals surface area contributed by atoms with Crippen molar-refractivity contribution >= 4 is 27.5 Å². The van der Waals surface area contributed by atoms with Gasteiger partial charge in [0.15, 0.2) is 0 Å². The molecule has 0 aromatic heterocycles. The van der Waals surface area contributed by atoms with Crippen molar-refractivity contribution in [3.05, 3.63) is 68.7 Å². The Hall–Kier alpha value is -0.970. The maximum Gasteiger partial charge on any atom is 0.143 e. The first-order valence-electron chi connectivity index (χ1n) is 5.55. The normalized spacial score (nSPS) is 12.5. The van der Waals surface area contributed by atoms with Gasteiger partial charge in [-0.05, 0) is 33.6 Å². The molecule has 0 bridgehead atoms. The van der Waals surface area contributed by atoms with Gasteiger partial charge in [0.2, 0.25) is 0 Å². The first-order chi connectivity index (χ1) is 9.00. The fourth-order valence-corrected chi connectivity index (χ4v) is 2.39. The number of aliphatic hydroxyl groups excluding tert-OH is 1. The highest BCUT2D eigenvalue weighted by Crippen LogP contribution is 2.29. The summed E-state index contributed by atoms with van der Waals surface area (Å²) in [5.41, 5.74) is 0.586. The zero-order valence-corrected chi connectivity index (χ0v) is 12.0. The molecular formula is C14H10BrClF2O. The highest BCUT2D eigenvalue weighted by atomic mass is 79.9. The smallest absolute Gasteiger partial charge is 0.143 e. The zero-order chi connectivity index (χ0) is 14.0. The molecule has 1 atom stereocenters. The Morgan fingerprint density at radius 2 is 1.84 bits per heavy atom. The van der Waals surface area contributed by atoms with E-state index >= 15 is 0 Å². The largest absolute Gasteiger partial charge is 0.388 e. The number of halogens is 4. The van der Waals surface area contributed by atoms with E-state index in [0.717, 1.165) is 0 Å². The minimum absolute atomic E-state index is 0.0445. The first kappa shape index (κ1) is 14.4. The van der Waals surface area contributed by atoms with E-state index < -0.39 is 17.7 Å². The van der Waals surface area contributed by atoms with Gasteiger partial charge in [-0.1, -0.05) is 35.9 Å². The Kier molecular flexibility index (Phi) is 4.55. The lowest BCUT2D eigenvalue weighted by molar-refractivity contribution is 0.173. The molecule has 5 heteroatoms. The summed E-state index contributed by atoms with van der Waals surface area (Å²) in [5.74, 6) is -1.08. The molecule has 1 nitrogen and oxygen atoms in total. The summed E-state index contributed by atoms with van der Waals surface area (Å²) in [6.45, 7) is 0. The quantitative estimate of drug-likeness (QED) is 0.856. The van der Waals surface area contributed by atoms with Gasteiger partial charge in [0.1, 0.15) is 11.6 Å². The molecule has 0 aliphatic rings. The second-order valence-electron chi connectivity index (χ2n) is 4.08. The summed E-state index contributed by atoms with van der Waals surface area (Å²) < 4.78 is 27.4. The molecule has 0 fully saturated rings. The first-order valence-corrected chi connectivity index (χ1v) is 6.72. The SMILES string of the molecule is OC(Cc1cccc(F)c1Cl)c1cccc(Br)c1F. The van der Waals surface area contributed by atoms with Crippen molar-refractivity contribution < 1.29 is 13.9 Å². The number of aliphatic hydroxyl groups is 1. The van der Waals surface area contributed by atoms with Gasteiger partial charge in [-0.25, -0.2) is 8.78 Å². The molecule has 2 aromatic carbocycles. The van der Waals surface area contributed by atoms with Gasteiger partial charge in [0.25, 0.3) is 0 Å². The minimum Gasteiger partial charge on any atom is -0.388 e. The third kappa shape index (κ3) is 3.14. The van der Waals surface area contributed by atoms with E-state index in [4.69, 9.17) is 11.6 Å². The summed E-state index contributed by atoms with van der Waals surface area (Å²) in [6, 6.07) is 8.99. The molecule has 2 rings (SSSR count). The summed E-state index contributed by atoms with van der Waals surface area (Å²) >= 11 is 8.86. The van der Waals surface area contributed by atoms with Gasteiger partial charge < -0.3 is 5.11 Å². The molecule has 0 saturated heterocycles. The van der Waals surface area contributed by atoms with Gasteiger partial charge in [-0.2, -0.15) is 0 Å². The average molecular weight is 348 g/mol.